The summed E-state index contributed by atoms with van der Waals surface area (Å²) in [6.45, 7) is 5.76. The number of aromatic hydroxyl groups is 1. The van der Waals surface area contributed by atoms with E-state index in [1.165, 1.54) is 31.2 Å². The van der Waals surface area contributed by atoms with Gasteiger partial charge in [-0.1, -0.05) is 12.1 Å². The van der Waals surface area contributed by atoms with E-state index in [0.717, 1.165) is 16.7 Å². The Bertz CT molecular complexity index is 1220. The van der Waals surface area contributed by atoms with Crippen LogP contribution in [0.15, 0.2) is 35.5 Å². The molecule has 0 radical (unpaired) electrons. The summed E-state index contributed by atoms with van der Waals surface area (Å²) in [6, 6.07) is 3.11. The molecule has 1 aromatic rings. The maximum Gasteiger partial charge on any atom is 0.408 e. The lowest BCUT2D eigenvalue weighted by Gasteiger charge is -2.49. The minimum Gasteiger partial charge on any atom is -0.508 e. The highest BCUT2D eigenvalue weighted by Gasteiger charge is 2.54. The maximum atomic E-state index is 13.3. The number of phenolic OH excluding ortho intramolecular Hbond substituents is 1. The average molecular weight is 564 g/mol. The number of fused-ring (bicyclic) bond motifs is 1. The van der Waals surface area contributed by atoms with Crippen LogP contribution in [0.2, 0.25) is 0 Å². The highest BCUT2D eigenvalue weighted by atomic mass is 32.2. The molecule has 13 nitrogen and oxygen atoms in total. The first-order chi connectivity index (χ1) is 18.2. The number of phenols is 1. The molecule has 2 aliphatic heterocycles. The Balaban J connectivity index is 1.76. The molecular weight excluding hydrogens is 534 g/mol. The molecule has 39 heavy (non-hydrogen) atoms. The van der Waals surface area contributed by atoms with Crippen LogP contribution in [0.1, 0.15) is 45.7 Å². The fourth-order valence-corrected chi connectivity index (χ4v) is 5.17. The van der Waals surface area contributed by atoms with Crippen molar-refractivity contribution in [3.05, 3.63) is 41.1 Å². The van der Waals surface area contributed by atoms with Gasteiger partial charge in [-0.3, -0.25) is 24.1 Å². The molecule has 0 aromatic heterocycles. The van der Waals surface area contributed by atoms with Gasteiger partial charge < -0.3 is 30.3 Å². The van der Waals surface area contributed by atoms with E-state index in [4.69, 9.17) is 9.47 Å². The Labute approximate surface area is 227 Å². The van der Waals surface area contributed by atoms with Crippen molar-refractivity contribution >= 4 is 47.4 Å². The van der Waals surface area contributed by atoms with Crippen LogP contribution < -0.4 is 10.6 Å². The molecule has 1 saturated heterocycles. The SMILES string of the molecule is CC(=O)CC(=O)OCC1=C(C(=O)O)N2C(=O)[C@@H](NC(=O)C(NC(=O)OC(C)(C)C)c3ccc(O)cc3)[C@H]2SC1. The second-order valence-electron chi connectivity index (χ2n) is 9.86. The minimum absolute atomic E-state index is 0.0608. The van der Waals surface area contributed by atoms with E-state index in [0.29, 0.717) is 5.56 Å². The first-order valence-corrected chi connectivity index (χ1v) is 12.9. The number of nitrogens with one attached hydrogen (secondary N) is 2. The number of carboxylic acid groups (broad SMARTS) is 1. The van der Waals surface area contributed by atoms with E-state index in [-0.39, 0.29) is 22.8 Å². The van der Waals surface area contributed by atoms with Crippen molar-refractivity contribution in [2.24, 2.45) is 0 Å². The predicted octanol–water partition coefficient (Wildman–Crippen LogP) is 1.22. The number of carbonyl (C=O) groups is 6. The molecule has 0 bridgehead atoms. The third-order valence-electron chi connectivity index (χ3n) is 5.50. The number of carbonyl (C=O) groups excluding carboxylic acids is 5. The van der Waals surface area contributed by atoms with Crippen LogP contribution in [-0.2, 0) is 33.4 Å². The van der Waals surface area contributed by atoms with Gasteiger partial charge in [-0.25, -0.2) is 9.59 Å². The Kier molecular flexibility index (Phi) is 8.89. The topological polar surface area (TPSA) is 189 Å². The third kappa shape index (κ3) is 7.28. The Morgan fingerprint density at radius 2 is 1.79 bits per heavy atom. The normalized spacial score (nSPS) is 19.3. The summed E-state index contributed by atoms with van der Waals surface area (Å²) in [7, 11) is 0. The molecule has 0 aliphatic carbocycles. The molecule has 0 spiro atoms. The van der Waals surface area contributed by atoms with Gasteiger partial charge in [0, 0.05) is 11.3 Å². The molecule has 1 fully saturated rings. The van der Waals surface area contributed by atoms with Crippen molar-refractivity contribution < 1.29 is 48.5 Å². The fourth-order valence-electron chi connectivity index (χ4n) is 3.85. The summed E-state index contributed by atoms with van der Waals surface area (Å²) in [5.41, 5.74) is -0.725. The molecule has 4 N–H and O–H groups in total. The van der Waals surface area contributed by atoms with Gasteiger partial charge in [-0.05, 0) is 45.4 Å². The van der Waals surface area contributed by atoms with Crippen molar-refractivity contribution in [2.45, 2.75) is 57.2 Å². The molecule has 210 valence electrons. The Hall–Kier alpha value is -4.07. The number of benzene rings is 1. The van der Waals surface area contributed by atoms with Crippen LogP contribution in [0.25, 0.3) is 0 Å². The van der Waals surface area contributed by atoms with Crippen molar-refractivity contribution in [1.29, 1.82) is 0 Å². The van der Waals surface area contributed by atoms with Gasteiger partial charge in [0.15, 0.2) is 0 Å². The number of rotatable bonds is 9. The van der Waals surface area contributed by atoms with Crippen LogP contribution in [0.5, 0.6) is 5.75 Å². The van der Waals surface area contributed by atoms with E-state index in [1.807, 2.05) is 0 Å². The van der Waals surface area contributed by atoms with Crippen molar-refractivity contribution in [2.75, 3.05) is 12.4 Å². The summed E-state index contributed by atoms with van der Waals surface area (Å²) in [4.78, 5) is 74.5. The molecule has 14 heteroatoms. The lowest BCUT2D eigenvalue weighted by molar-refractivity contribution is -0.151. The van der Waals surface area contributed by atoms with Crippen LogP contribution in [0, 0.1) is 0 Å². The van der Waals surface area contributed by atoms with E-state index >= 15 is 0 Å². The zero-order chi connectivity index (χ0) is 29.1. The minimum atomic E-state index is -1.41. The number of aliphatic carboxylic acids is 1. The highest BCUT2D eigenvalue weighted by molar-refractivity contribution is 8.00. The summed E-state index contributed by atoms with van der Waals surface area (Å²) < 4.78 is 10.2. The van der Waals surface area contributed by atoms with Gasteiger partial charge in [0.1, 0.15) is 53.3 Å². The number of esters is 1. The number of carboxylic acids is 1. The lowest BCUT2D eigenvalue weighted by atomic mass is 10.0. The van der Waals surface area contributed by atoms with Gasteiger partial charge in [-0.15, -0.1) is 11.8 Å². The van der Waals surface area contributed by atoms with Gasteiger partial charge in [0.05, 0.1) is 0 Å². The zero-order valence-electron chi connectivity index (χ0n) is 21.7. The molecule has 2 aliphatic rings. The number of β-lactam (4-membered cyclic amide) rings is 1. The first-order valence-electron chi connectivity index (χ1n) is 11.8. The largest absolute Gasteiger partial charge is 0.508 e. The van der Waals surface area contributed by atoms with E-state index in [9.17, 15) is 39.0 Å². The number of amides is 3. The zero-order valence-corrected chi connectivity index (χ0v) is 22.5. The number of hydrogen-bond donors (Lipinski definition) is 4. The van der Waals surface area contributed by atoms with Gasteiger partial charge in [0.2, 0.25) is 5.91 Å². The summed E-state index contributed by atoms with van der Waals surface area (Å²) in [6.07, 6.45) is -1.34. The van der Waals surface area contributed by atoms with Crippen molar-refractivity contribution in [3.8, 4) is 5.75 Å². The molecule has 1 unspecified atom stereocenters. The third-order valence-corrected chi connectivity index (χ3v) is 6.84. The second-order valence-corrected chi connectivity index (χ2v) is 11.0. The molecule has 1 aromatic carbocycles. The summed E-state index contributed by atoms with van der Waals surface area (Å²) >= 11 is 1.16. The quantitative estimate of drug-likeness (QED) is 0.192. The van der Waals surface area contributed by atoms with Crippen LogP contribution >= 0.6 is 11.8 Å². The molecule has 3 rings (SSSR count). The number of Topliss-reactive ketones (excluding diaryl/α,β-unsaturated/α-hetero) is 1. The van der Waals surface area contributed by atoms with Gasteiger partial charge in [-0.2, -0.15) is 0 Å². The highest BCUT2D eigenvalue weighted by Crippen LogP contribution is 2.40. The first kappa shape index (κ1) is 29.5. The standard InChI is InChI=1S/C25H29N3O10S/c1-12(29)9-16(31)37-10-14-11-39-22-18(21(33)28(22)19(14)23(34)35)26-20(32)17(13-5-7-15(30)8-6-13)27-24(36)38-25(2,3)4/h5-8,17-18,22,30H,9-11H2,1-4H3,(H,26,32)(H,27,36)(H,34,35)/t17?,18-,22-/m1/s1. The number of alkyl carbamates (subject to hydrolysis) is 1. The van der Waals surface area contributed by atoms with Gasteiger partial charge in [0.25, 0.3) is 5.91 Å². The smallest absolute Gasteiger partial charge is 0.408 e. The molecule has 3 amide bonds. The van der Waals surface area contributed by atoms with Crippen molar-refractivity contribution in [1.82, 2.24) is 15.5 Å². The Morgan fingerprint density at radius 1 is 1.15 bits per heavy atom. The van der Waals surface area contributed by atoms with E-state index in [2.05, 4.69) is 10.6 Å². The fraction of sp³-hybridized carbons (Fsp3) is 0.440. The van der Waals surface area contributed by atoms with Crippen LogP contribution in [0.4, 0.5) is 4.79 Å². The number of ether oxygens (including phenoxy) is 2. The molecular formula is C25H29N3O10S. The predicted molar refractivity (Wildman–Crippen MR) is 136 cm³/mol. The van der Waals surface area contributed by atoms with Gasteiger partial charge >= 0.3 is 18.0 Å². The number of hydrogen-bond acceptors (Lipinski definition) is 10. The number of thioether (sulfide) groups is 1. The van der Waals surface area contributed by atoms with E-state index < -0.39 is 71.7 Å². The number of nitrogens with zero attached hydrogens (tertiary/aromatic N) is 1. The van der Waals surface area contributed by atoms with E-state index in [1.54, 1.807) is 20.8 Å². The molecule has 0 saturated carbocycles. The summed E-state index contributed by atoms with van der Waals surface area (Å²) in [5.74, 6) is -4.06. The summed E-state index contributed by atoms with van der Waals surface area (Å²) in [5, 5.41) is 23.6. The average Bonchev–Trinajstić information content (AvgIpc) is 2.82. The Morgan fingerprint density at radius 3 is 2.36 bits per heavy atom. The second kappa shape index (κ2) is 11.8. The lowest BCUT2D eigenvalue weighted by Crippen LogP contribution is -2.71. The maximum absolute atomic E-state index is 13.3. The van der Waals surface area contributed by atoms with Crippen LogP contribution in [0.3, 0.4) is 0 Å². The monoisotopic (exact) mass is 563 g/mol. The number of ketones is 1. The van der Waals surface area contributed by atoms with Crippen molar-refractivity contribution in [3.63, 3.8) is 0 Å². The molecule has 3 atom stereocenters. The molecule has 2 heterocycles. The van der Waals surface area contributed by atoms with Crippen LogP contribution in [-0.4, -0.2) is 80.1 Å².